The van der Waals surface area contributed by atoms with E-state index in [1.165, 1.54) is 0 Å². The molecule has 0 aromatic heterocycles. The Bertz CT molecular complexity index is 205. The van der Waals surface area contributed by atoms with E-state index < -0.39 is 12.0 Å². The van der Waals surface area contributed by atoms with Crippen molar-refractivity contribution in [1.29, 1.82) is 0 Å². The van der Waals surface area contributed by atoms with Crippen molar-refractivity contribution in [3.05, 3.63) is 0 Å². The van der Waals surface area contributed by atoms with Gasteiger partial charge in [-0.25, -0.2) is 0 Å². The van der Waals surface area contributed by atoms with Crippen LogP contribution in [0.5, 0.6) is 0 Å². The Labute approximate surface area is 96.8 Å². The smallest absolute Gasteiger partial charge is 0.320 e. The first kappa shape index (κ1) is 13.4. The lowest BCUT2D eigenvalue weighted by Gasteiger charge is -2.26. The quantitative estimate of drug-likeness (QED) is 0.610. The highest BCUT2D eigenvalue weighted by atomic mass is 16.5. The third kappa shape index (κ3) is 4.92. The van der Waals surface area contributed by atoms with Crippen LogP contribution in [0, 0.1) is 0 Å². The minimum atomic E-state index is -0.756. The number of carboxylic acids is 1. The van der Waals surface area contributed by atoms with E-state index in [-0.39, 0.29) is 0 Å². The molecule has 0 spiro atoms. The standard InChI is InChI=1S/C11H22N2O3/c1-2-10(11(14)15)12-4-3-5-13-6-8-16-9-7-13/h10,12H,2-9H2,1H3,(H,14,15). The van der Waals surface area contributed by atoms with E-state index in [1.54, 1.807) is 0 Å². The van der Waals surface area contributed by atoms with E-state index in [2.05, 4.69) is 10.2 Å². The molecular weight excluding hydrogens is 208 g/mol. The molecule has 1 saturated heterocycles. The molecular formula is C11H22N2O3. The van der Waals surface area contributed by atoms with Crippen LogP contribution in [0.15, 0.2) is 0 Å². The third-order valence-electron chi connectivity index (χ3n) is 2.85. The molecule has 1 heterocycles. The zero-order valence-corrected chi connectivity index (χ0v) is 9.95. The van der Waals surface area contributed by atoms with Crippen LogP contribution in [0.4, 0.5) is 0 Å². The van der Waals surface area contributed by atoms with Crippen LogP contribution < -0.4 is 5.32 Å². The summed E-state index contributed by atoms with van der Waals surface area (Å²) in [6.45, 7) is 7.30. The largest absolute Gasteiger partial charge is 0.480 e. The fraction of sp³-hybridized carbons (Fsp3) is 0.909. The lowest BCUT2D eigenvalue weighted by molar-refractivity contribution is -0.139. The van der Waals surface area contributed by atoms with Crippen LogP contribution in [0.1, 0.15) is 19.8 Å². The van der Waals surface area contributed by atoms with Gasteiger partial charge in [0.05, 0.1) is 13.2 Å². The summed E-state index contributed by atoms with van der Waals surface area (Å²) in [5.41, 5.74) is 0. The van der Waals surface area contributed by atoms with Crippen molar-refractivity contribution < 1.29 is 14.6 Å². The number of ether oxygens (including phenoxy) is 1. The molecule has 0 aromatic rings. The van der Waals surface area contributed by atoms with Gasteiger partial charge in [-0.05, 0) is 25.9 Å². The van der Waals surface area contributed by atoms with Gasteiger partial charge in [-0.2, -0.15) is 0 Å². The molecule has 0 radical (unpaired) electrons. The monoisotopic (exact) mass is 230 g/mol. The number of morpholine rings is 1. The maximum Gasteiger partial charge on any atom is 0.320 e. The number of aliphatic carboxylic acids is 1. The second-order valence-corrected chi connectivity index (χ2v) is 4.06. The number of carboxylic acid groups (broad SMARTS) is 1. The summed E-state index contributed by atoms with van der Waals surface area (Å²) in [4.78, 5) is 13.1. The summed E-state index contributed by atoms with van der Waals surface area (Å²) in [6, 6.07) is -0.398. The average Bonchev–Trinajstić information content (AvgIpc) is 2.30. The van der Waals surface area contributed by atoms with Crippen LogP contribution >= 0.6 is 0 Å². The Morgan fingerprint density at radius 2 is 2.19 bits per heavy atom. The molecule has 1 unspecified atom stereocenters. The first-order valence-corrected chi connectivity index (χ1v) is 6.00. The van der Waals surface area contributed by atoms with E-state index in [0.29, 0.717) is 6.42 Å². The predicted molar refractivity (Wildman–Crippen MR) is 61.6 cm³/mol. The van der Waals surface area contributed by atoms with Gasteiger partial charge < -0.3 is 15.2 Å². The Balaban J connectivity index is 2.03. The highest BCUT2D eigenvalue weighted by Gasteiger charge is 2.14. The van der Waals surface area contributed by atoms with Gasteiger partial charge >= 0.3 is 5.97 Å². The van der Waals surface area contributed by atoms with Crippen molar-refractivity contribution in [2.45, 2.75) is 25.8 Å². The molecule has 1 aliphatic rings. The summed E-state index contributed by atoms with van der Waals surface area (Å²) in [5, 5.41) is 11.9. The van der Waals surface area contributed by atoms with Crippen LogP contribution in [-0.2, 0) is 9.53 Å². The SMILES string of the molecule is CCC(NCCCN1CCOCC1)C(=O)O. The Morgan fingerprint density at radius 1 is 1.50 bits per heavy atom. The minimum Gasteiger partial charge on any atom is -0.480 e. The molecule has 5 heteroatoms. The maximum atomic E-state index is 10.7. The predicted octanol–water partition coefficient (Wildman–Crippen LogP) is 0.162. The molecule has 0 amide bonds. The summed E-state index contributed by atoms with van der Waals surface area (Å²) in [6.07, 6.45) is 1.62. The Morgan fingerprint density at radius 3 is 2.75 bits per heavy atom. The van der Waals surface area contributed by atoms with Gasteiger partial charge in [0.25, 0.3) is 0 Å². The van der Waals surface area contributed by atoms with Crippen molar-refractivity contribution in [2.24, 2.45) is 0 Å². The fourth-order valence-corrected chi connectivity index (χ4v) is 1.81. The molecule has 2 N–H and O–H groups in total. The van der Waals surface area contributed by atoms with E-state index in [1.807, 2.05) is 6.92 Å². The van der Waals surface area contributed by atoms with Crippen molar-refractivity contribution in [3.8, 4) is 0 Å². The molecule has 94 valence electrons. The Hall–Kier alpha value is -0.650. The van der Waals surface area contributed by atoms with Crippen LogP contribution in [0.3, 0.4) is 0 Å². The average molecular weight is 230 g/mol. The third-order valence-corrected chi connectivity index (χ3v) is 2.85. The number of nitrogens with zero attached hydrogens (tertiary/aromatic N) is 1. The van der Waals surface area contributed by atoms with Gasteiger partial charge in [0.2, 0.25) is 0 Å². The topological polar surface area (TPSA) is 61.8 Å². The number of hydrogen-bond donors (Lipinski definition) is 2. The molecule has 5 nitrogen and oxygen atoms in total. The van der Waals surface area contributed by atoms with Crippen LogP contribution in [-0.4, -0.2) is 61.4 Å². The van der Waals surface area contributed by atoms with E-state index in [4.69, 9.17) is 9.84 Å². The second kappa shape index (κ2) is 7.60. The molecule has 0 bridgehead atoms. The first-order chi connectivity index (χ1) is 7.74. The normalized spacial score (nSPS) is 19.6. The van der Waals surface area contributed by atoms with Gasteiger partial charge in [0, 0.05) is 13.1 Å². The maximum absolute atomic E-state index is 10.7. The molecule has 0 aliphatic carbocycles. The van der Waals surface area contributed by atoms with Gasteiger partial charge in [0.1, 0.15) is 6.04 Å². The summed E-state index contributed by atoms with van der Waals surface area (Å²) in [7, 11) is 0. The van der Waals surface area contributed by atoms with E-state index >= 15 is 0 Å². The van der Waals surface area contributed by atoms with Crippen molar-refractivity contribution in [2.75, 3.05) is 39.4 Å². The lowest BCUT2D eigenvalue weighted by Crippen LogP contribution is -2.40. The van der Waals surface area contributed by atoms with E-state index in [0.717, 1.165) is 45.8 Å². The number of nitrogens with one attached hydrogen (secondary N) is 1. The van der Waals surface area contributed by atoms with Gasteiger partial charge in [-0.1, -0.05) is 6.92 Å². The highest BCUT2D eigenvalue weighted by Crippen LogP contribution is 1.98. The molecule has 0 saturated carbocycles. The lowest BCUT2D eigenvalue weighted by atomic mass is 10.2. The fourth-order valence-electron chi connectivity index (χ4n) is 1.81. The zero-order valence-electron chi connectivity index (χ0n) is 9.95. The minimum absolute atomic E-state index is 0.398. The molecule has 0 aromatic carbocycles. The number of hydrogen-bond acceptors (Lipinski definition) is 4. The van der Waals surface area contributed by atoms with Crippen LogP contribution in [0.25, 0.3) is 0 Å². The molecule has 1 atom stereocenters. The summed E-state index contributed by atoms with van der Waals surface area (Å²) >= 11 is 0. The molecule has 1 aliphatic heterocycles. The summed E-state index contributed by atoms with van der Waals surface area (Å²) < 4.78 is 5.26. The highest BCUT2D eigenvalue weighted by molar-refractivity contribution is 5.73. The van der Waals surface area contributed by atoms with Gasteiger partial charge in [-0.3, -0.25) is 9.69 Å². The number of carbonyl (C=O) groups is 1. The second-order valence-electron chi connectivity index (χ2n) is 4.06. The van der Waals surface area contributed by atoms with E-state index in [9.17, 15) is 4.79 Å². The van der Waals surface area contributed by atoms with Gasteiger partial charge in [0.15, 0.2) is 0 Å². The van der Waals surface area contributed by atoms with Crippen molar-refractivity contribution in [1.82, 2.24) is 10.2 Å². The summed E-state index contributed by atoms with van der Waals surface area (Å²) in [5.74, 6) is -0.756. The Kier molecular flexibility index (Phi) is 6.37. The zero-order chi connectivity index (χ0) is 11.8. The first-order valence-electron chi connectivity index (χ1n) is 6.00. The van der Waals surface area contributed by atoms with Crippen molar-refractivity contribution in [3.63, 3.8) is 0 Å². The molecule has 1 rings (SSSR count). The van der Waals surface area contributed by atoms with Crippen LogP contribution in [0.2, 0.25) is 0 Å². The molecule has 16 heavy (non-hydrogen) atoms. The van der Waals surface area contributed by atoms with Gasteiger partial charge in [-0.15, -0.1) is 0 Å². The number of rotatable bonds is 7. The van der Waals surface area contributed by atoms with Crippen molar-refractivity contribution >= 4 is 5.97 Å². The molecule has 1 fully saturated rings.